The molecule has 0 aliphatic heterocycles. The van der Waals surface area contributed by atoms with E-state index in [1.165, 1.54) is 32.1 Å². The maximum Gasteiger partial charge on any atom is 0.362 e. The summed E-state index contributed by atoms with van der Waals surface area (Å²) in [7, 11) is 5.51. The number of aliphatic carboxylic acids is 1. The van der Waals surface area contributed by atoms with Gasteiger partial charge in [0.25, 0.3) is 0 Å². The van der Waals surface area contributed by atoms with Gasteiger partial charge >= 0.3 is 17.9 Å². The maximum atomic E-state index is 12.7. The normalized spacial score (nSPS) is 13.7. The highest BCUT2D eigenvalue weighted by molar-refractivity contribution is 5.72. The molecule has 0 amide bonds. The highest BCUT2D eigenvalue weighted by Crippen LogP contribution is 2.13. The monoisotopic (exact) mass is 811 g/mol. The van der Waals surface area contributed by atoms with Gasteiger partial charge in [0.05, 0.1) is 34.4 Å². The highest BCUT2D eigenvalue weighted by Gasteiger charge is 2.31. The predicted molar refractivity (Wildman–Crippen MR) is 243 cm³/mol. The van der Waals surface area contributed by atoms with Gasteiger partial charge in [0.2, 0.25) is 0 Å². The Labute approximate surface area is 354 Å². The summed E-state index contributed by atoms with van der Waals surface area (Å²) >= 11 is 0. The van der Waals surface area contributed by atoms with Gasteiger partial charge in [-0.2, -0.15) is 0 Å². The van der Waals surface area contributed by atoms with Crippen molar-refractivity contribution in [1.29, 1.82) is 0 Å². The summed E-state index contributed by atoms with van der Waals surface area (Å²) in [6.45, 7) is 4.45. The van der Waals surface area contributed by atoms with E-state index in [0.29, 0.717) is 19.3 Å². The fourth-order valence-corrected chi connectivity index (χ4v) is 6.10. The van der Waals surface area contributed by atoms with Gasteiger partial charge < -0.3 is 23.8 Å². The Balaban J connectivity index is 4.36. The van der Waals surface area contributed by atoms with E-state index in [0.717, 1.165) is 96.3 Å². The van der Waals surface area contributed by atoms with Crippen molar-refractivity contribution in [2.24, 2.45) is 0 Å². The molecule has 0 aromatic carbocycles. The van der Waals surface area contributed by atoms with E-state index in [1.807, 2.05) is 21.1 Å². The van der Waals surface area contributed by atoms with Crippen LogP contribution in [0.5, 0.6) is 0 Å². The SMILES string of the molecule is CC/C=C\C/C=C\C/C=C\C/C=C\CCCCCCCCCCC(=O)OC(COCCC(C(=O)O)[N+](C)(C)C)COC(=O)CCCCC/C=C\C/C=C\C/C=C\CC. The summed E-state index contributed by atoms with van der Waals surface area (Å²) in [6.07, 6.45) is 52.0. The first-order valence-corrected chi connectivity index (χ1v) is 22.6. The zero-order chi connectivity index (χ0) is 42.8. The Morgan fingerprint density at radius 3 is 1.36 bits per heavy atom. The van der Waals surface area contributed by atoms with E-state index >= 15 is 0 Å². The van der Waals surface area contributed by atoms with Crippen LogP contribution in [0.25, 0.3) is 0 Å². The number of quaternary nitrogens is 1. The number of carboxylic acids is 1. The molecule has 8 heteroatoms. The molecule has 1 N–H and O–H groups in total. The molecule has 0 fully saturated rings. The third-order valence-electron chi connectivity index (χ3n) is 9.54. The molecule has 0 aliphatic carbocycles. The summed E-state index contributed by atoms with van der Waals surface area (Å²) in [4.78, 5) is 37.0. The summed E-state index contributed by atoms with van der Waals surface area (Å²) in [5, 5.41) is 9.62. The number of carbonyl (C=O) groups is 3. The van der Waals surface area contributed by atoms with Crippen LogP contribution in [-0.4, -0.2) is 80.6 Å². The van der Waals surface area contributed by atoms with Crippen LogP contribution in [0.1, 0.15) is 162 Å². The van der Waals surface area contributed by atoms with Crippen molar-refractivity contribution in [3.05, 3.63) is 85.1 Å². The number of rotatable bonds is 39. The van der Waals surface area contributed by atoms with Crippen LogP contribution >= 0.6 is 0 Å². The van der Waals surface area contributed by atoms with Crippen molar-refractivity contribution >= 4 is 17.9 Å². The molecule has 330 valence electrons. The molecule has 0 aromatic rings. The number of hydrogen-bond acceptors (Lipinski definition) is 6. The minimum Gasteiger partial charge on any atom is -0.477 e. The zero-order valence-corrected chi connectivity index (χ0v) is 37.5. The van der Waals surface area contributed by atoms with Gasteiger partial charge in [-0.3, -0.25) is 9.59 Å². The Morgan fingerprint density at radius 2 is 0.914 bits per heavy atom. The Morgan fingerprint density at radius 1 is 0.517 bits per heavy atom. The number of likely N-dealkylation sites (N-methyl/N-ethyl adjacent to an activating group) is 1. The largest absolute Gasteiger partial charge is 0.477 e. The van der Waals surface area contributed by atoms with Crippen molar-refractivity contribution < 1.29 is 38.2 Å². The standard InChI is InChI=1S/C50H83NO7/c1-6-8-10-12-14-16-18-20-21-22-23-24-25-26-27-29-31-33-35-37-39-41-49(53)58-46(44-56-43-42-47(50(54)55)51(3,4)5)45-57-48(52)40-38-36-34-32-30-28-19-17-15-13-11-9-7-2/h8-11,14-17,20-21,23-24,28,30,46-47H,6-7,12-13,18-19,22,25-27,29,31-45H2,1-5H3/p+1/b10-8-,11-9-,16-14-,17-15-,21-20-,24-23-,30-28-. The van der Waals surface area contributed by atoms with Crippen molar-refractivity contribution in [3.8, 4) is 0 Å². The lowest BCUT2D eigenvalue weighted by atomic mass is 10.1. The lowest BCUT2D eigenvalue weighted by Gasteiger charge is -2.31. The van der Waals surface area contributed by atoms with Crippen LogP contribution in [0.4, 0.5) is 0 Å². The summed E-state index contributed by atoms with van der Waals surface area (Å²) in [5.41, 5.74) is 0. The quantitative estimate of drug-likeness (QED) is 0.0286. The summed E-state index contributed by atoms with van der Waals surface area (Å²) < 4.78 is 17.2. The Bertz CT molecular complexity index is 1220. The molecule has 0 saturated carbocycles. The second-order valence-electron chi connectivity index (χ2n) is 15.9. The second kappa shape index (κ2) is 40.3. The molecule has 0 aliphatic rings. The predicted octanol–water partition coefficient (Wildman–Crippen LogP) is 12.5. The molecular formula is C50H84NO7+. The Kier molecular flexibility index (Phi) is 37.9. The average Bonchev–Trinajstić information content (AvgIpc) is 3.18. The molecule has 2 atom stereocenters. The number of carboxylic acid groups (broad SMARTS) is 1. The van der Waals surface area contributed by atoms with E-state index in [2.05, 4.69) is 98.9 Å². The first-order valence-electron chi connectivity index (χ1n) is 22.6. The zero-order valence-electron chi connectivity index (χ0n) is 37.5. The number of allylic oxidation sites excluding steroid dienone is 14. The van der Waals surface area contributed by atoms with Crippen LogP contribution in [0.3, 0.4) is 0 Å². The van der Waals surface area contributed by atoms with E-state index in [-0.39, 0.29) is 36.2 Å². The minimum absolute atomic E-state index is 0.0434. The third kappa shape index (κ3) is 38.1. The van der Waals surface area contributed by atoms with E-state index in [1.54, 1.807) is 0 Å². The number of carbonyl (C=O) groups excluding carboxylic acids is 2. The lowest BCUT2D eigenvalue weighted by molar-refractivity contribution is -0.887. The topological polar surface area (TPSA) is 99.1 Å². The fraction of sp³-hybridized carbons (Fsp3) is 0.660. The molecule has 0 saturated heterocycles. The van der Waals surface area contributed by atoms with Crippen LogP contribution in [0.2, 0.25) is 0 Å². The molecule has 0 spiro atoms. The van der Waals surface area contributed by atoms with E-state index in [4.69, 9.17) is 14.2 Å². The third-order valence-corrected chi connectivity index (χ3v) is 9.54. The number of hydrogen-bond donors (Lipinski definition) is 1. The van der Waals surface area contributed by atoms with E-state index < -0.39 is 18.1 Å². The number of ether oxygens (including phenoxy) is 3. The van der Waals surface area contributed by atoms with Crippen LogP contribution < -0.4 is 0 Å². The Hall–Kier alpha value is -3.49. The van der Waals surface area contributed by atoms with Gasteiger partial charge in [-0.05, 0) is 83.5 Å². The first-order chi connectivity index (χ1) is 28.1. The van der Waals surface area contributed by atoms with Gasteiger partial charge in [0.1, 0.15) is 6.61 Å². The number of esters is 2. The highest BCUT2D eigenvalue weighted by atomic mass is 16.6. The van der Waals surface area contributed by atoms with Gasteiger partial charge in [-0.25, -0.2) is 4.79 Å². The summed E-state index contributed by atoms with van der Waals surface area (Å²) in [5.74, 6) is -1.53. The molecule has 0 heterocycles. The molecule has 8 nitrogen and oxygen atoms in total. The molecule has 0 radical (unpaired) electrons. The minimum atomic E-state index is -0.884. The molecule has 2 unspecified atom stereocenters. The molecular weight excluding hydrogens is 727 g/mol. The van der Waals surface area contributed by atoms with Gasteiger partial charge in [-0.1, -0.05) is 144 Å². The molecule has 0 bridgehead atoms. The fourth-order valence-electron chi connectivity index (χ4n) is 6.10. The maximum absolute atomic E-state index is 12.7. The van der Waals surface area contributed by atoms with E-state index in [9.17, 15) is 19.5 Å². The van der Waals surface area contributed by atoms with Crippen molar-refractivity contribution in [2.45, 2.75) is 174 Å². The first kappa shape index (κ1) is 54.5. The van der Waals surface area contributed by atoms with Crippen molar-refractivity contribution in [1.82, 2.24) is 0 Å². The molecule has 0 aromatic heterocycles. The second-order valence-corrected chi connectivity index (χ2v) is 15.9. The van der Waals surface area contributed by atoms with Crippen LogP contribution in [0, 0.1) is 0 Å². The molecule has 0 rings (SSSR count). The number of nitrogens with zero attached hydrogens (tertiary/aromatic N) is 1. The van der Waals surface area contributed by atoms with Gasteiger partial charge in [0, 0.05) is 19.3 Å². The number of unbranched alkanes of at least 4 members (excludes halogenated alkanes) is 11. The van der Waals surface area contributed by atoms with Crippen LogP contribution in [0.15, 0.2) is 85.1 Å². The smallest absolute Gasteiger partial charge is 0.362 e. The average molecular weight is 811 g/mol. The van der Waals surface area contributed by atoms with Gasteiger partial charge in [-0.15, -0.1) is 0 Å². The van der Waals surface area contributed by atoms with Gasteiger partial charge in [0.15, 0.2) is 12.1 Å². The van der Waals surface area contributed by atoms with Crippen molar-refractivity contribution in [2.75, 3.05) is 41.0 Å². The molecule has 58 heavy (non-hydrogen) atoms. The van der Waals surface area contributed by atoms with Crippen LogP contribution in [-0.2, 0) is 28.6 Å². The van der Waals surface area contributed by atoms with Crippen molar-refractivity contribution in [3.63, 3.8) is 0 Å². The summed E-state index contributed by atoms with van der Waals surface area (Å²) in [6, 6.07) is -0.625. The lowest BCUT2D eigenvalue weighted by Crippen LogP contribution is -2.50.